The second kappa shape index (κ2) is 4.13. The minimum atomic E-state index is 0.925. The molecule has 82 valence electrons. The lowest BCUT2D eigenvalue weighted by molar-refractivity contribution is 0.450. The second-order valence-corrected chi connectivity index (χ2v) is 6.04. The summed E-state index contributed by atoms with van der Waals surface area (Å²) < 4.78 is 0. The van der Waals surface area contributed by atoms with Crippen LogP contribution in [-0.4, -0.2) is 0 Å². The van der Waals surface area contributed by atoms with Crippen LogP contribution in [0.15, 0.2) is 6.58 Å². The average Bonchev–Trinajstić information content (AvgIpc) is 2.52. The SMILES string of the molecule is C=C(C)c1c(C)sc2c1CCC(CC)C2. The van der Waals surface area contributed by atoms with Gasteiger partial charge in [-0.25, -0.2) is 0 Å². The van der Waals surface area contributed by atoms with Crippen molar-refractivity contribution >= 4 is 16.9 Å². The molecule has 0 fully saturated rings. The van der Waals surface area contributed by atoms with Crippen molar-refractivity contribution in [1.29, 1.82) is 0 Å². The Balaban J connectivity index is 2.39. The molecule has 1 aromatic heterocycles. The van der Waals surface area contributed by atoms with Gasteiger partial charge in [0.1, 0.15) is 0 Å². The van der Waals surface area contributed by atoms with E-state index >= 15 is 0 Å². The van der Waals surface area contributed by atoms with Gasteiger partial charge in [-0.15, -0.1) is 11.3 Å². The molecule has 0 amide bonds. The van der Waals surface area contributed by atoms with Gasteiger partial charge in [-0.2, -0.15) is 0 Å². The molecule has 2 rings (SSSR count). The van der Waals surface area contributed by atoms with Crippen molar-refractivity contribution in [2.75, 3.05) is 0 Å². The molecule has 0 bridgehead atoms. The molecular formula is C14H20S. The van der Waals surface area contributed by atoms with Gasteiger partial charge in [0.2, 0.25) is 0 Å². The zero-order valence-corrected chi connectivity index (χ0v) is 10.8. The Labute approximate surface area is 97.0 Å². The van der Waals surface area contributed by atoms with Gasteiger partial charge in [0.15, 0.2) is 0 Å². The van der Waals surface area contributed by atoms with Crippen LogP contribution in [0.25, 0.3) is 5.57 Å². The first kappa shape index (κ1) is 10.9. The molecule has 0 aliphatic heterocycles. The van der Waals surface area contributed by atoms with Crippen molar-refractivity contribution < 1.29 is 0 Å². The maximum absolute atomic E-state index is 4.11. The number of thiophene rings is 1. The zero-order chi connectivity index (χ0) is 11.0. The molecule has 1 unspecified atom stereocenters. The fourth-order valence-corrected chi connectivity index (χ4v) is 4.11. The van der Waals surface area contributed by atoms with Crippen molar-refractivity contribution in [1.82, 2.24) is 0 Å². The summed E-state index contributed by atoms with van der Waals surface area (Å²) in [5, 5.41) is 0. The maximum Gasteiger partial charge on any atom is 0.00948 e. The van der Waals surface area contributed by atoms with Gasteiger partial charge in [-0.1, -0.05) is 19.9 Å². The van der Waals surface area contributed by atoms with Crippen molar-refractivity contribution in [3.05, 3.63) is 27.5 Å². The summed E-state index contributed by atoms with van der Waals surface area (Å²) >= 11 is 2.00. The highest BCUT2D eigenvalue weighted by molar-refractivity contribution is 7.12. The second-order valence-electron chi connectivity index (χ2n) is 4.73. The largest absolute Gasteiger partial charge is 0.145 e. The van der Waals surface area contributed by atoms with Crippen LogP contribution in [0.3, 0.4) is 0 Å². The van der Waals surface area contributed by atoms with E-state index in [0.717, 1.165) is 5.92 Å². The lowest BCUT2D eigenvalue weighted by Crippen LogP contribution is -2.11. The van der Waals surface area contributed by atoms with E-state index in [1.807, 2.05) is 11.3 Å². The first-order valence-corrected chi connectivity index (χ1v) is 6.72. The Bertz CT molecular complexity index is 384. The third-order valence-electron chi connectivity index (χ3n) is 3.55. The Morgan fingerprint density at radius 1 is 1.53 bits per heavy atom. The summed E-state index contributed by atoms with van der Waals surface area (Å²) in [5.74, 6) is 0.925. The lowest BCUT2D eigenvalue weighted by Gasteiger charge is -2.21. The van der Waals surface area contributed by atoms with Crippen molar-refractivity contribution in [3.63, 3.8) is 0 Å². The molecule has 1 heterocycles. The molecule has 0 radical (unpaired) electrons. The molecule has 15 heavy (non-hydrogen) atoms. The van der Waals surface area contributed by atoms with E-state index in [1.165, 1.54) is 41.7 Å². The fraction of sp³-hybridized carbons (Fsp3) is 0.571. The molecule has 1 aliphatic carbocycles. The molecule has 0 N–H and O–H groups in total. The van der Waals surface area contributed by atoms with Gasteiger partial charge >= 0.3 is 0 Å². The van der Waals surface area contributed by atoms with Crippen LogP contribution in [0.2, 0.25) is 0 Å². The van der Waals surface area contributed by atoms with E-state index in [9.17, 15) is 0 Å². The van der Waals surface area contributed by atoms with Crippen LogP contribution < -0.4 is 0 Å². The highest BCUT2D eigenvalue weighted by Gasteiger charge is 2.23. The van der Waals surface area contributed by atoms with Gasteiger partial charge in [0.05, 0.1) is 0 Å². The first-order valence-electron chi connectivity index (χ1n) is 5.90. The van der Waals surface area contributed by atoms with Crippen molar-refractivity contribution in [2.45, 2.75) is 46.5 Å². The summed E-state index contributed by atoms with van der Waals surface area (Å²) in [7, 11) is 0. The van der Waals surface area contributed by atoms with E-state index in [2.05, 4.69) is 27.4 Å². The standard InChI is InChI=1S/C14H20S/c1-5-11-6-7-12-13(8-11)15-10(4)14(12)9(2)3/h11H,2,5-8H2,1,3-4H3. The predicted molar refractivity (Wildman–Crippen MR) is 69.6 cm³/mol. The van der Waals surface area contributed by atoms with Gasteiger partial charge < -0.3 is 0 Å². The lowest BCUT2D eigenvalue weighted by atomic mass is 9.84. The minimum Gasteiger partial charge on any atom is -0.145 e. The number of allylic oxidation sites excluding steroid dienone is 1. The van der Waals surface area contributed by atoms with E-state index < -0.39 is 0 Å². The predicted octanol–water partition coefficient (Wildman–Crippen LogP) is 4.60. The Morgan fingerprint density at radius 2 is 2.27 bits per heavy atom. The van der Waals surface area contributed by atoms with Gasteiger partial charge in [0.25, 0.3) is 0 Å². The summed E-state index contributed by atoms with van der Waals surface area (Å²) in [4.78, 5) is 3.12. The Hall–Kier alpha value is -0.560. The van der Waals surface area contributed by atoms with Crippen LogP contribution >= 0.6 is 11.3 Å². The molecule has 0 saturated heterocycles. The average molecular weight is 220 g/mol. The van der Waals surface area contributed by atoms with Crippen molar-refractivity contribution in [3.8, 4) is 0 Å². The first-order chi connectivity index (χ1) is 7.13. The van der Waals surface area contributed by atoms with Crippen molar-refractivity contribution in [2.24, 2.45) is 5.92 Å². The number of hydrogen-bond donors (Lipinski definition) is 0. The third kappa shape index (κ3) is 1.90. The molecular weight excluding hydrogens is 200 g/mol. The van der Waals surface area contributed by atoms with E-state index in [1.54, 1.807) is 10.4 Å². The summed E-state index contributed by atoms with van der Waals surface area (Å²) in [6.07, 6.45) is 5.30. The van der Waals surface area contributed by atoms with Gasteiger partial charge in [-0.3, -0.25) is 0 Å². The summed E-state index contributed by atoms with van der Waals surface area (Å²) in [6, 6.07) is 0. The monoisotopic (exact) mass is 220 g/mol. The van der Waals surface area contributed by atoms with E-state index in [-0.39, 0.29) is 0 Å². The molecule has 0 aromatic carbocycles. The maximum atomic E-state index is 4.11. The van der Waals surface area contributed by atoms with E-state index in [4.69, 9.17) is 0 Å². The quantitative estimate of drug-likeness (QED) is 0.683. The third-order valence-corrected chi connectivity index (χ3v) is 4.72. The van der Waals surface area contributed by atoms with Crippen LogP contribution in [-0.2, 0) is 12.8 Å². The molecule has 1 aromatic rings. The summed E-state index contributed by atoms with van der Waals surface area (Å²) in [6.45, 7) is 10.8. The highest BCUT2D eigenvalue weighted by Crippen LogP contribution is 2.39. The number of hydrogen-bond acceptors (Lipinski definition) is 1. The zero-order valence-electron chi connectivity index (χ0n) is 10.0. The molecule has 1 atom stereocenters. The molecule has 1 aliphatic rings. The topological polar surface area (TPSA) is 0 Å². The number of aryl methyl sites for hydroxylation is 1. The smallest absolute Gasteiger partial charge is 0.00948 e. The fourth-order valence-electron chi connectivity index (χ4n) is 2.70. The minimum absolute atomic E-state index is 0.925. The van der Waals surface area contributed by atoms with Gasteiger partial charge in [-0.05, 0) is 55.7 Å². The molecule has 0 spiro atoms. The van der Waals surface area contributed by atoms with Gasteiger partial charge in [0, 0.05) is 9.75 Å². The molecule has 1 heteroatoms. The molecule has 0 nitrogen and oxygen atoms in total. The van der Waals surface area contributed by atoms with E-state index in [0.29, 0.717) is 0 Å². The van der Waals surface area contributed by atoms with Crippen LogP contribution in [0.5, 0.6) is 0 Å². The number of rotatable bonds is 2. The van der Waals surface area contributed by atoms with Crippen LogP contribution in [0.4, 0.5) is 0 Å². The van der Waals surface area contributed by atoms with Crippen LogP contribution in [0, 0.1) is 12.8 Å². The Morgan fingerprint density at radius 3 is 2.87 bits per heavy atom. The number of fused-ring (bicyclic) bond motifs is 1. The molecule has 0 saturated carbocycles. The Kier molecular flexibility index (Phi) is 3.01. The highest BCUT2D eigenvalue weighted by atomic mass is 32.1. The van der Waals surface area contributed by atoms with Crippen LogP contribution in [0.1, 0.15) is 47.6 Å². The summed E-state index contributed by atoms with van der Waals surface area (Å²) in [5.41, 5.74) is 4.35. The normalized spacial score (nSPS) is 20.1.